The molecule has 0 fully saturated rings. The van der Waals surface area contributed by atoms with Gasteiger partial charge in [-0.2, -0.15) is 0 Å². The summed E-state index contributed by atoms with van der Waals surface area (Å²) in [4.78, 5) is 28.5. The molecule has 1 N–H and O–H groups in total. The number of nitrogens with zero attached hydrogens (tertiary/aromatic N) is 2. The number of fused-ring (bicyclic) bond motifs is 1. The van der Waals surface area contributed by atoms with Crippen molar-refractivity contribution >= 4 is 16.8 Å². The van der Waals surface area contributed by atoms with Crippen molar-refractivity contribution in [2.75, 3.05) is 13.7 Å². The zero-order valence-electron chi connectivity index (χ0n) is 12.4. The normalized spacial score (nSPS) is 12.3. The van der Waals surface area contributed by atoms with Gasteiger partial charge in [0.15, 0.2) is 0 Å². The second kappa shape index (κ2) is 6.49. The Labute approximate surface area is 122 Å². The SMILES string of the molecule is COCC(C)NC(=O)Cn1cnc2c(C)cccc2c1=O. The predicted molar refractivity (Wildman–Crippen MR) is 80.2 cm³/mol. The molecule has 0 saturated heterocycles. The lowest BCUT2D eigenvalue weighted by molar-refractivity contribution is -0.122. The fourth-order valence-electron chi connectivity index (χ4n) is 2.22. The van der Waals surface area contributed by atoms with Crippen LogP contribution in [0.3, 0.4) is 0 Å². The molecule has 0 aliphatic carbocycles. The third-order valence-electron chi connectivity index (χ3n) is 3.19. The molecule has 0 radical (unpaired) electrons. The molecule has 1 atom stereocenters. The minimum absolute atomic E-state index is 0.0518. The monoisotopic (exact) mass is 289 g/mol. The summed E-state index contributed by atoms with van der Waals surface area (Å²) in [7, 11) is 1.57. The molecule has 2 rings (SSSR count). The summed E-state index contributed by atoms with van der Waals surface area (Å²) in [5, 5.41) is 3.29. The van der Waals surface area contributed by atoms with Crippen LogP contribution in [0.4, 0.5) is 0 Å². The summed E-state index contributed by atoms with van der Waals surface area (Å²) in [6, 6.07) is 5.33. The molecule has 0 aliphatic rings. The smallest absolute Gasteiger partial charge is 0.261 e. The van der Waals surface area contributed by atoms with Crippen LogP contribution in [0.2, 0.25) is 0 Å². The lowest BCUT2D eigenvalue weighted by Gasteiger charge is -2.13. The first-order valence-electron chi connectivity index (χ1n) is 6.76. The van der Waals surface area contributed by atoms with Gasteiger partial charge in [0.05, 0.1) is 23.8 Å². The number of nitrogens with one attached hydrogen (secondary N) is 1. The van der Waals surface area contributed by atoms with Crippen molar-refractivity contribution in [3.63, 3.8) is 0 Å². The molecule has 0 spiro atoms. The van der Waals surface area contributed by atoms with E-state index < -0.39 is 0 Å². The van der Waals surface area contributed by atoms with Gasteiger partial charge in [0.25, 0.3) is 5.56 Å². The van der Waals surface area contributed by atoms with Crippen LogP contribution in [-0.4, -0.2) is 35.2 Å². The maximum absolute atomic E-state index is 12.3. The highest BCUT2D eigenvalue weighted by Crippen LogP contribution is 2.10. The standard InChI is InChI=1S/C15H19N3O3/c1-10-5-4-6-12-14(10)16-9-18(15(12)20)7-13(19)17-11(2)8-21-3/h4-6,9,11H,7-8H2,1-3H3,(H,17,19). The van der Waals surface area contributed by atoms with Gasteiger partial charge in [0.1, 0.15) is 6.54 Å². The van der Waals surface area contributed by atoms with E-state index in [1.165, 1.54) is 10.9 Å². The van der Waals surface area contributed by atoms with E-state index in [0.29, 0.717) is 17.5 Å². The van der Waals surface area contributed by atoms with Gasteiger partial charge in [0.2, 0.25) is 5.91 Å². The minimum atomic E-state index is -0.240. The zero-order chi connectivity index (χ0) is 15.4. The highest BCUT2D eigenvalue weighted by molar-refractivity contribution is 5.81. The fraction of sp³-hybridized carbons (Fsp3) is 0.400. The average molecular weight is 289 g/mol. The van der Waals surface area contributed by atoms with E-state index in [0.717, 1.165) is 5.56 Å². The molecule has 6 heteroatoms. The number of benzene rings is 1. The number of aromatic nitrogens is 2. The van der Waals surface area contributed by atoms with Crippen LogP contribution >= 0.6 is 0 Å². The number of aryl methyl sites for hydroxylation is 1. The Morgan fingerprint density at radius 2 is 2.24 bits per heavy atom. The first-order valence-corrected chi connectivity index (χ1v) is 6.76. The average Bonchev–Trinajstić information content (AvgIpc) is 2.43. The van der Waals surface area contributed by atoms with Gasteiger partial charge in [-0.3, -0.25) is 14.2 Å². The summed E-state index contributed by atoms with van der Waals surface area (Å²) < 4.78 is 6.27. The minimum Gasteiger partial charge on any atom is -0.383 e. The maximum atomic E-state index is 12.3. The summed E-state index contributed by atoms with van der Waals surface area (Å²) >= 11 is 0. The largest absolute Gasteiger partial charge is 0.383 e. The van der Waals surface area contributed by atoms with Gasteiger partial charge in [-0.25, -0.2) is 4.98 Å². The van der Waals surface area contributed by atoms with Crippen molar-refractivity contribution in [1.29, 1.82) is 0 Å². The molecule has 2 aromatic rings. The Kier molecular flexibility index (Phi) is 4.70. The van der Waals surface area contributed by atoms with Gasteiger partial charge < -0.3 is 10.1 Å². The lowest BCUT2D eigenvalue weighted by Crippen LogP contribution is -2.39. The van der Waals surface area contributed by atoms with Gasteiger partial charge in [-0.1, -0.05) is 12.1 Å². The van der Waals surface area contributed by atoms with Crippen molar-refractivity contribution in [1.82, 2.24) is 14.9 Å². The van der Waals surface area contributed by atoms with Crippen molar-refractivity contribution < 1.29 is 9.53 Å². The maximum Gasteiger partial charge on any atom is 0.261 e. The molecule has 1 unspecified atom stereocenters. The van der Waals surface area contributed by atoms with Crippen molar-refractivity contribution in [3.05, 3.63) is 40.4 Å². The van der Waals surface area contributed by atoms with E-state index in [1.807, 2.05) is 26.0 Å². The number of amides is 1. The topological polar surface area (TPSA) is 73.2 Å². The number of para-hydroxylation sites is 1. The van der Waals surface area contributed by atoms with Crippen LogP contribution in [-0.2, 0) is 16.1 Å². The number of carbonyl (C=O) groups is 1. The number of rotatable bonds is 5. The third kappa shape index (κ3) is 3.46. The van der Waals surface area contributed by atoms with E-state index in [2.05, 4.69) is 10.3 Å². The van der Waals surface area contributed by atoms with Crippen molar-refractivity contribution in [3.8, 4) is 0 Å². The molecule has 21 heavy (non-hydrogen) atoms. The van der Waals surface area contributed by atoms with Crippen molar-refractivity contribution in [2.45, 2.75) is 26.4 Å². The Balaban J connectivity index is 2.22. The second-order valence-electron chi connectivity index (χ2n) is 5.07. The molecule has 112 valence electrons. The van der Waals surface area contributed by atoms with Crippen LogP contribution in [0.1, 0.15) is 12.5 Å². The van der Waals surface area contributed by atoms with Gasteiger partial charge in [0, 0.05) is 13.2 Å². The third-order valence-corrected chi connectivity index (χ3v) is 3.19. The van der Waals surface area contributed by atoms with Crippen LogP contribution in [0, 0.1) is 6.92 Å². The number of carbonyl (C=O) groups excluding carboxylic acids is 1. The quantitative estimate of drug-likeness (QED) is 0.886. The lowest BCUT2D eigenvalue weighted by atomic mass is 10.1. The predicted octanol–water partition coefficient (Wildman–Crippen LogP) is 0.856. The highest BCUT2D eigenvalue weighted by atomic mass is 16.5. The van der Waals surface area contributed by atoms with Crippen LogP contribution < -0.4 is 10.9 Å². The number of methoxy groups -OCH3 is 1. The number of ether oxygens (including phenoxy) is 1. The molecule has 0 saturated carbocycles. The highest BCUT2D eigenvalue weighted by Gasteiger charge is 2.11. The Morgan fingerprint density at radius 1 is 1.48 bits per heavy atom. The van der Waals surface area contributed by atoms with Gasteiger partial charge in [-0.15, -0.1) is 0 Å². The Bertz CT molecular complexity index is 709. The molecule has 0 aliphatic heterocycles. The van der Waals surface area contributed by atoms with E-state index in [1.54, 1.807) is 13.2 Å². The van der Waals surface area contributed by atoms with E-state index in [-0.39, 0.29) is 24.1 Å². The molecule has 1 heterocycles. The fourth-order valence-corrected chi connectivity index (χ4v) is 2.22. The molecule has 1 amide bonds. The molecular formula is C15H19N3O3. The molecule has 6 nitrogen and oxygen atoms in total. The van der Waals surface area contributed by atoms with Gasteiger partial charge >= 0.3 is 0 Å². The van der Waals surface area contributed by atoms with Gasteiger partial charge in [-0.05, 0) is 25.5 Å². The molecule has 1 aromatic carbocycles. The Hall–Kier alpha value is -2.21. The van der Waals surface area contributed by atoms with E-state index in [9.17, 15) is 9.59 Å². The first-order chi connectivity index (χ1) is 10.0. The molecule has 1 aromatic heterocycles. The summed E-state index contributed by atoms with van der Waals surface area (Å²) in [6.45, 7) is 4.12. The number of hydrogen-bond acceptors (Lipinski definition) is 4. The van der Waals surface area contributed by atoms with E-state index >= 15 is 0 Å². The second-order valence-corrected chi connectivity index (χ2v) is 5.07. The van der Waals surface area contributed by atoms with E-state index in [4.69, 9.17) is 4.74 Å². The molecular weight excluding hydrogens is 270 g/mol. The van der Waals surface area contributed by atoms with Crippen LogP contribution in [0.25, 0.3) is 10.9 Å². The summed E-state index contributed by atoms with van der Waals surface area (Å²) in [5.41, 5.74) is 1.40. The number of hydrogen-bond donors (Lipinski definition) is 1. The first kappa shape index (κ1) is 15.2. The van der Waals surface area contributed by atoms with Crippen LogP contribution in [0.15, 0.2) is 29.3 Å². The zero-order valence-corrected chi connectivity index (χ0v) is 12.4. The summed E-state index contributed by atoms with van der Waals surface area (Å²) in [5.74, 6) is -0.240. The Morgan fingerprint density at radius 3 is 2.95 bits per heavy atom. The molecule has 0 bridgehead atoms. The van der Waals surface area contributed by atoms with Crippen LogP contribution in [0.5, 0.6) is 0 Å². The summed E-state index contributed by atoms with van der Waals surface area (Å²) in [6.07, 6.45) is 1.41. The van der Waals surface area contributed by atoms with Crippen molar-refractivity contribution in [2.24, 2.45) is 0 Å².